The van der Waals surface area contributed by atoms with E-state index in [1.54, 1.807) is 0 Å². The van der Waals surface area contributed by atoms with E-state index in [1.165, 1.54) is 6.07 Å². The van der Waals surface area contributed by atoms with Crippen molar-refractivity contribution in [1.29, 1.82) is 5.41 Å². The summed E-state index contributed by atoms with van der Waals surface area (Å²) in [5.41, 5.74) is 10.6. The first kappa shape index (κ1) is 18.8. The first-order valence-electron chi connectivity index (χ1n) is 7.07. The van der Waals surface area contributed by atoms with Crippen molar-refractivity contribution in [3.8, 4) is 0 Å². The van der Waals surface area contributed by atoms with E-state index in [0.717, 1.165) is 25.0 Å². The minimum absolute atomic E-state index is 0.00647. The monoisotopic (exact) mass is 414 g/mol. The normalized spacial score (nSPS) is 16.4. The lowest BCUT2D eigenvalue weighted by Gasteiger charge is -2.20. The lowest BCUT2D eigenvalue weighted by molar-refractivity contribution is 0.205. The van der Waals surface area contributed by atoms with Crippen LogP contribution in [0.15, 0.2) is 32.8 Å². The lowest BCUT2D eigenvalue weighted by atomic mass is 10.2. The minimum atomic E-state index is -1.55. The molecule has 9 nitrogen and oxygen atoms in total. The second kappa shape index (κ2) is 7.15. The van der Waals surface area contributed by atoms with Crippen LogP contribution in [0.25, 0.3) is 0 Å². The highest BCUT2D eigenvalue weighted by atomic mass is 79.9. The summed E-state index contributed by atoms with van der Waals surface area (Å²) in [6, 6.07) is 3.35. The molecule has 0 aliphatic heterocycles. The third-order valence-corrected chi connectivity index (χ3v) is 4.21. The van der Waals surface area contributed by atoms with E-state index < -0.39 is 29.0 Å². The number of aliphatic imine (C=N–C) groups is 1. The smallest absolute Gasteiger partial charge is 0.417 e. The SMILES string of the molecule is N=C(/C(=N/O)C(N)=NCC1(N)CC1)N(C(=O)O)c1ccc(F)c(Br)c1. The van der Waals surface area contributed by atoms with Crippen LogP contribution in [0.2, 0.25) is 0 Å². The number of halogens is 2. The van der Waals surface area contributed by atoms with E-state index in [2.05, 4.69) is 26.1 Å². The average molecular weight is 415 g/mol. The van der Waals surface area contributed by atoms with Gasteiger partial charge in [0, 0.05) is 5.54 Å². The molecule has 11 heteroatoms. The third kappa shape index (κ3) is 4.31. The second-order valence-electron chi connectivity index (χ2n) is 5.58. The number of hydrogen-bond acceptors (Lipinski definition) is 6. The van der Waals surface area contributed by atoms with Gasteiger partial charge in [0.25, 0.3) is 0 Å². The molecule has 0 saturated heterocycles. The summed E-state index contributed by atoms with van der Waals surface area (Å²) in [6.45, 7) is 0.167. The van der Waals surface area contributed by atoms with Crippen LogP contribution < -0.4 is 16.4 Å². The summed E-state index contributed by atoms with van der Waals surface area (Å²) < 4.78 is 13.4. The number of carboxylic acid groups (broad SMARTS) is 1. The molecular formula is C14H16BrFN6O3. The molecular weight excluding hydrogens is 399 g/mol. The number of amides is 1. The molecule has 0 radical (unpaired) electrons. The van der Waals surface area contributed by atoms with Crippen LogP contribution in [0, 0.1) is 11.2 Å². The van der Waals surface area contributed by atoms with Crippen LogP contribution in [-0.4, -0.2) is 45.9 Å². The van der Waals surface area contributed by atoms with Crippen LogP contribution in [0.4, 0.5) is 14.9 Å². The largest absolute Gasteiger partial charge is 0.464 e. The van der Waals surface area contributed by atoms with Crippen LogP contribution >= 0.6 is 15.9 Å². The molecule has 0 atom stereocenters. The van der Waals surface area contributed by atoms with Crippen molar-refractivity contribution >= 4 is 45.1 Å². The van der Waals surface area contributed by atoms with E-state index >= 15 is 0 Å². The number of benzene rings is 1. The molecule has 2 rings (SSSR count). The fourth-order valence-electron chi connectivity index (χ4n) is 1.92. The summed E-state index contributed by atoms with van der Waals surface area (Å²) in [7, 11) is 0. The van der Waals surface area contributed by atoms with Crippen LogP contribution in [0.1, 0.15) is 12.8 Å². The van der Waals surface area contributed by atoms with Gasteiger partial charge < -0.3 is 21.8 Å². The molecule has 1 aliphatic rings. The number of amidine groups is 2. The van der Waals surface area contributed by atoms with Crippen LogP contribution in [0.3, 0.4) is 0 Å². The number of nitrogens with two attached hydrogens (primary N) is 2. The molecule has 1 aromatic carbocycles. The summed E-state index contributed by atoms with van der Waals surface area (Å²) in [5.74, 6) is -1.66. The Morgan fingerprint density at radius 3 is 2.60 bits per heavy atom. The van der Waals surface area contributed by atoms with Crippen LogP contribution in [0.5, 0.6) is 0 Å². The van der Waals surface area contributed by atoms with Gasteiger partial charge >= 0.3 is 6.09 Å². The summed E-state index contributed by atoms with van der Waals surface area (Å²) in [4.78, 5) is 16.0. The Bertz CT molecular complexity index is 778. The Morgan fingerprint density at radius 2 is 2.12 bits per heavy atom. The number of nitrogens with zero attached hydrogens (tertiary/aromatic N) is 3. The Labute approximate surface area is 150 Å². The van der Waals surface area contributed by atoms with Crippen molar-refractivity contribution in [1.82, 2.24) is 0 Å². The molecule has 1 aliphatic carbocycles. The van der Waals surface area contributed by atoms with E-state index in [-0.39, 0.29) is 22.5 Å². The van der Waals surface area contributed by atoms with Gasteiger partial charge in [-0.15, -0.1) is 0 Å². The number of anilines is 1. The van der Waals surface area contributed by atoms with Crippen LogP contribution in [-0.2, 0) is 0 Å². The van der Waals surface area contributed by atoms with Gasteiger partial charge in [0.15, 0.2) is 17.4 Å². The fraction of sp³-hybridized carbons (Fsp3) is 0.286. The molecule has 1 amide bonds. The van der Waals surface area contributed by atoms with Crippen molar-refractivity contribution in [3.05, 3.63) is 28.5 Å². The maximum Gasteiger partial charge on any atom is 0.417 e. The van der Waals surface area contributed by atoms with Crippen molar-refractivity contribution in [2.75, 3.05) is 11.4 Å². The topological polar surface area (TPSA) is 161 Å². The van der Waals surface area contributed by atoms with Gasteiger partial charge in [0.1, 0.15) is 5.82 Å². The Hall–Kier alpha value is -2.53. The predicted octanol–water partition coefficient (Wildman–Crippen LogP) is 1.73. The van der Waals surface area contributed by atoms with E-state index in [0.29, 0.717) is 4.90 Å². The Kier molecular flexibility index (Phi) is 5.38. The average Bonchev–Trinajstić information content (AvgIpc) is 3.27. The molecule has 0 heterocycles. The highest BCUT2D eigenvalue weighted by Crippen LogP contribution is 2.32. The molecule has 0 unspecified atom stereocenters. The maximum absolute atomic E-state index is 13.4. The van der Waals surface area contributed by atoms with Crippen molar-refractivity contribution in [2.24, 2.45) is 21.6 Å². The van der Waals surface area contributed by atoms with Gasteiger partial charge in [-0.3, -0.25) is 10.4 Å². The molecule has 1 fully saturated rings. The predicted molar refractivity (Wildman–Crippen MR) is 94.2 cm³/mol. The van der Waals surface area contributed by atoms with E-state index in [1.807, 2.05) is 0 Å². The zero-order chi connectivity index (χ0) is 18.8. The first-order chi connectivity index (χ1) is 11.7. The number of carbonyl (C=O) groups is 1. The van der Waals surface area contributed by atoms with Crippen molar-refractivity contribution in [3.63, 3.8) is 0 Å². The quantitative estimate of drug-likeness (QED) is 0.214. The fourth-order valence-corrected chi connectivity index (χ4v) is 2.29. The Morgan fingerprint density at radius 1 is 1.48 bits per heavy atom. The highest BCUT2D eigenvalue weighted by molar-refractivity contribution is 9.10. The van der Waals surface area contributed by atoms with Gasteiger partial charge in [-0.1, -0.05) is 5.16 Å². The molecule has 25 heavy (non-hydrogen) atoms. The zero-order valence-electron chi connectivity index (χ0n) is 12.9. The lowest BCUT2D eigenvalue weighted by Crippen LogP contribution is -2.45. The summed E-state index contributed by atoms with van der Waals surface area (Å²) >= 11 is 2.94. The number of rotatable bonds is 5. The van der Waals surface area contributed by atoms with Gasteiger partial charge in [-0.05, 0) is 47.0 Å². The molecule has 0 aromatic heterocycles. The molecule has 1 aromatic rings. The molecule has 0 spiro atoms. The van der Waals surface area contributed by atoms with Gasteiger partial charge in [0.2, 0.25) is 0 Å². The van der Waals surface area contributed by atoms with Crippen molar-refractivity contribution in [2.45, 2.75) is 18.4 Å². The number of nitrogens with one attached hydrogen (secondary N) is 1. The first-order valence-corrected chi connectivity index (χ1v) is 7.86. The molecule has 134 valence electrons. The van der Waals surface area contributed by atoms with E-state index in [4.69, 9.17) is 22.1 Å². The second-order valence-corrected chi connectivity index (χ2v) is 6.43. The maximum atomic E-state index is 13.4. The zero-order valence-corrected chi connectivity index (χ0v) is 14.5. The van der Waals surface area contributed by atoms with Gasteiger partial charge in [0.05, 0.1) is 16.7 Å². The standard InChI is InChI=1S/C14H16BrFN6O3/c15-8-5-7(1-2-9(8)16)22(13(23)24)12(18)10(21-25)11(17)20-6-14(19)3-4-14/h1-2,5,18,25H,3-4,6,19H2,(H2,17,20)(H,23,24)/b18-12?,21-10+. The molecule has 1 saturated carbocycles. The third-order valence-electron chi connectivity index (χ3n) is 3.60. The molecule has 7 N–H and O–H groups in total. The Balaban J connectivity index is 2.31. The number of hydrogen-bond donors (Lipinski definition) is 5. The summed E-state index contributed by atoms with van der Waals surface area (Å²) in [6.07, 6.45) is 0.00462. The molecule has 0 bridgehead atoms. The van der Waals surface area contributed by atoms with E-state index in [9.17, 15) is 14.3 Å². The van der Waals surface area contributed by atoms with Gasteiger partial charge in [-0.25, -0.2) is 14.1 Å². The number of oxime groups is 1. The van der Waals surface area contributed by atoms with Gasteiger partial charge in [-0.2, -0.15) is 0 Å². The summed E-state index contributed by atoms with van der Waals surface area (Å²) in [5, 5.41) is 29.5. The minimum Gasteiger partial charge on any atom is -0.464 e. The highest BCUT2D eigenvalue weighted by Gasteiger charge is 2.38. The van der Waals surface area contributed by atoms with Crippen molar-refractivity contribution < 1.29 is 19.5 Å².